The van der Waals surface area contributed by atoms with Gasteiger partial charge in [-0.3, -0.25) is 0 Å². The van der Waals surface area contributed by atoms with Crippen LogP contribution in [-0.4, -0.2) is 21.8 Å². The Hall–Kier alpha value is 1.43. The van der Waals surface area contributed by atoms with Crippen LogP contribution in [0.1, 0.15) is 116 Å². The monoisotopic (exact) mass is 485 g/mol. The maximum Gasteiger partial charge on any atom is 0.0145 e. The van der Waals surface area contributed by atoms with E-state index in [1.54, 1.807) is 77.0 Å². The second-order valence-electron chi connectivity index (χ2n) is 8.85. The minimum absolute atomic E-state index is 0. The van der Waals surface area contributed by atoms with Gasteiger partial charge in [0.25, 0.3) is 0 Å². The molecule has 3 heteroatoms. The van der Waals surface area contributed by atoms with Gasteiger partial charge in [0.15, 0.2) is 0 Å². The van der Waals surface area contributed by atoms with E-state index in [9.17, 15) is 0 Å². The fraction of sp³-hybridized carbons (Fsp3) is 0.957. The van der Waals surface area contributed by atoms with Gasteiger partial charge in [0.1, 0.15) is 0 Å². The SMILES string of the molecule is BrC1CCCC1.C1CCC(P(C2CCCCC2)C2CCCC2)CC1.[CH3-].[Fe]. The topological polar surface area (TPSA) is 0 Å². The van der Waals surface area contributed by atoms with Gasteiger partial charge in [-0.25, -0.2) is 0 Å². The third kappa shape index (κ3) is 8.05. The molecular formula is C23H43BrFeP-. The van der Waals surface area contributed by atoms with Gasteiger partial charge in [0.05, 0.1) is 0 Å². The van der Waals surface area contributed by atoms with Crippen LogP contribution in [0.25, 0.3) is 0 Å². The molecule has 156 valence electrons. The van der Waals surface area contributed by atoms with E-state index in [4.69, 9.17) is 0 Å². The molecule has 0 aliphatic heterocycles. The minimum atomic E-state index is 0. The summed E-state index contributed by atoms with van der Waals surface area (Å²) in [6, 6.07) is 0. The normalized spacial score (nSPS) is 26.1. The van der Waals surface area contributed by atoms with Crippen molar-refractivity contribution in [3.05, 3.63) is 7.43 Å². The van der Waals surface area contributed by atoms with E-state index in [1.165, 1.54) is 55.5 Å². The predicted octanol–water partition coefficient (Wildman–Crippen LogP) is 8.85. The van der Waals surface area contributed by atoms with Crippen LogP contribution in [0.3, 0.4) is 0 Å². The molecule has 0 nitrogen and oxygen atoms in total. The molecule has 4 rings (SSSR count). The molecule has 0 aromatic carbocycles. The summed E-state index contributed by atoms with van der Waals surface area (Å²) in [6.07, 6.45) is 27.8. The van der Waals surface area contributed by atoms with E-state index in [0.29, 0.717) is 7.92 Å². The molecule has 0 saturated heterocycles. The van der Waals surface area contributed by atoms with E-state index >= 15 is 0 Å². The average Bonchev–Trinajstić information content (AvgIpc) is 3.32. The summed E-state index contributed by atoms with van der Waals surface area (Å²) in [4.78, 5) is 0.859. The second kappa shape index (κ2) is 14.4. The Labute approximate surface area is 185 Å². The van der Waals surface area contributed by atoms with Crippen LogP contribution >= 0.6 is 23.9 Å². The summed E-state index contributed by atoms with van der Waals surface area (Å²) < 4.78 is 0. The number of alkyl halides is 1. The molecule has 0 N–H and O–H groups in total. The summed E-state index contributed by atoms with van der Waals surface area (Å²) in [5.74, 6) is 0. The molecule has 0 spiro atoms. The maximum absolute atomic E-state index is 3.54. The van der Waals surface area contributed by atoms with Gasteiger partial charge in [-0.2, -0.15) is 0 Å². The number of hydrogen-bond donors (Lipinski definition) is 0. The predicted molar refractivity (Wildman–Crippen MR) is 121 cm³/mol. The molecule has 4 aliphatic rings. The molecular weight excluding hydrogens is 443 g/mol. The molecule has 0 heterocycles. The molecule has 4 saturated carbocycles. The molecule has 0 aromatic heterocycles. The van der Waals surface area contributed by atoms with Crippen molar-refractivity contribution in [3.63, 3.8) is 0 Å². The van der Waals surface area contributed by atoms with Crippen LogP contribution in [0, 0.1) is 7.43 Å². The smallest absolute Gasteiger partial charge is 0.0145 e. The molecule has 0 radical (unpaired) electrons. The Morgan fingerprint density at radius 3 is 1.00 bits per heavy atom. The standard InChI is InChI=1S/C17H31P.C5H9Br.CH3.Fe/c1-3-9-15(10-4-1)18(17-13-7-8-14-17)16-11-5-2-6-12-16;6-5-3-1-2-4-5;;/h15-17H,1-14H2;5H,1-4H2;1H3;/q;;-1;. The van der Waals surface area contributed by atoms with Crippen LogP contribution in [0.15, 0.2) is 0 Å². The van der Waals surface area contributed by atoms with Crippen molar-refractivity contribution >= 4 is 23.9 Å². The minimum Gasteiger partial charge on any atom is -0.358 e. The first-order valence-corrected chi connectivity index (χ1v) is 13.7. The Kier molecular flexibility index (Phi) is 14.1. The Morgan fingerprint density at radius 2 is 0.731 bits per heavy atom. The fourth-order valence-corrected chi connectivity index (χ4v) is 11.1. The molecule has 0 atom stereocenters. The molecule has 0 amide bonds. The van der Waals surface area contributed by atoms with Crippen molar-refractivity contribution in [2.24, 2.45) is 0 Å². The number of hydrogen-bond acceptors (Lipinski definition) is 0. The van der Waals surface area contributed by atoms with Crippen LogP contribution in [0.2, 0.25) is 0 Å². The zero-order chi connectivity index (χ0) is 16.6. The Morgan fingerprint density at radius 1 is 0.462 bits per heavy atom. The van der Waals surface area contributed by atoms with Gasteiger partial charge < -0.3 is 7.43 Å². The molecule has 0 aromatic rings. The van der Waals surface area contributed by atoms with Crippen LogP contribution < -0.4 is 0 Å². The third-order valence-electron chi connectivity index (χ3n) is 7.02. The van der Waals surface area contributed by atoms with Gasteiger partial charge in [0, 0.05) is 21.9 Å². The van der Waals surface area contributed by atoms with E-state index in [0.717, 1.165) is 4.83 Å². The Bertz CT molecular complexity index is 309. The van der Waals surface area contributed by atoms with E-state index in [2.05, 4.69) is 15.9 Å². The first-order valence-electron chi connectivity index (χ1n) is 11.3. The van der Waals surface area contributed by atoms with Crippen molar-refractivity contribution in [1.29, 1.82) is 0 Å². The third-order valence-corrected chi connectivity index (χ3v) is 12.0. The van der Waals surface area contributed by atoms with Gasteiger partial charge in [0.2, 0.25) is 0 Å². The van der Waals surface area contributed by atoms with Gasteiger partial charge in [-0.1, -0.05) is 88.1 Å². The molecule has 0 bridgehead atoms. The summed E-state index contributed by atoms with van der Waals surface area (Å²) in [5, 5.41) is 0. The molecule has 26 heavy (non-hydrogen) atoms. The van der Waals surface area contributed by atoms with Crippen molar-refractivity contribution in [3.8, 4) is 0 Å². The average molecular weight is 486 g/mol. The molecule has 4 aliphatic carbocycles. The van der Waals surface area contributed by atoms with Crippen molar-refractivity contribution in [2.75, 3.05) is 0 Å². The Balaban J connectivity index is 0.000000364. The summed E-state index contributed by atoms with van der Waals surface area (Å²) in [5.41, 5.74) is 3.59. The van der Waals surface area contributed by atoms with Crippen molar-refractivity contribution < 1.29 is 17.1 Å². The summed E-state index contributed by atoms with van der Waals surface area (Å²) in [7, 11) is 0.402. The van der Waals surface area contributed by atoms with Gasteiger partial charge in [-0.05, 0) is 68.3 Å². The quantitative estimate of drug-likeness (QED) is 0.162. The van der Waals surface area contributed by atoms with E-state index < -0.39 is 0 Å². The van der Waals surface area contributed by atoms with Crippen LogP contribution in [0.4, 0.5) is 0 Å². The zero-order valence-corrected chi connectivity index (χ0v) is 20.8. The van der Waals surface area contributed by atoms with Crippen LogP contribution in [0.5, 0.6) is 0 Å². The number of halogens is 1. The van der Waals surface area contributed by atoms with E-state index in [1.807, 2.05) is 0 Å². The molecule has 0 unspecified atom stereocenters. The van der Waals surface area contributed by atoms with Gasteiger partial charge in [-0.15, -0.1) is 0 Å². The zero-order valence-electron chi connectivity index (χ0n) is 17.2. The summed E-state index contributed by atoms with van der Waals surface area (Å²) in [6.45, 7) is 0. The van der Waals surface area contributed by atoms with Gasteiger partial charge >= 0.3 is 0 Å². The molecule has 4 fully saturated rings. The van der Waals surface area contributed by atoms with E-state index in [-0.39, 0.29) is 24.5 Å². The van der Waals surface area contributed by atoms with Crippen molar-refractivity contribution in [1.82, 2.24) is 0 Å². The first kappa shape index (κ1) is 25.5. The largest absolute Gasteiger partial charge is 0.358 e. The first-order chi connectivity index (χ1) is 11.8. The van der Waals surface area contributed by atoms with Crippen molar-refractivity contribution in [2.45, 2.75) is 137 Å². The maximum atomic E-state index is 3.54. The fourth-order valence-electron chi connectivity index (χ4n) is 5.73. The second-order valence-corrected chi connectivity index (χ2v) is 13.2. The summed E-state index contributed by atoms with van der Waals surface area (Å²) >= 11 is 3.54. The number of rotatable bonds is 3. The van der Waals surface area contributed by atoms with Crippen LogP contribution in [-0.2, 0) is 17.1 Å².